The van der Waals surface area contributed by atoms with Crippen LogP contribution in [0.1, 0.15) is 21.6 Å². The molecule has 1 aromatic carbocycles. The Morgan fingerprint density at radius 1 is 1.44 bits per heavy atom. The number of carbonyl (C=O) groups is 1. The van der Waals surface area contributed by atoms with Crippen LogP contribution in [0.5, 0.6) is 0 Å². The van der Waals surface area contributed by atoms with Crippen LogP contribution in [0.2, 0.25) is 0 Å². The number of amides is 1. The SMILES string of the molecule is Cc1noc(NC(=O)c2cccc(F)c2N)c1C. The summed E-state index contributed by atoms with van der Waals surface area (Å²) < 4.78 is 18.2. The van der Waals surface area contributed by atoms with E-state index in [1.807, 2.05) is 0 Å². The summed E-state index contributed by atoms with van der Waals surface area (Å²) >= 11 is 0. The Labute approximate surface area is 103 Å². The molecular formula is C12H12FN3O2. The molecule has 0 spiro atoms. The van der Waals surface area contributed by atoms with E-state index in [0.29, 0.717) is 5.69 Å². The van der Waals surface area contributed by atoms with E-state index >= 15 is 0 Å². The van der Waals surface area contributed by atoms with Crippen LogP contribution in [-0.2, 0) is 0 Å². The molecule has 0 unspecified atom stereocenters. The van der Waals surface area contributed by atoms with Crippen molar-refractivity contribution in [2.75, 3.05) is 11.1 Å². The second-order valence-corrected chi connectivity index (χ2v) is 3.88. The van der Waals surface area contributed by atoms with Crippen LogP contribution >= 0.6 is 0 Å². The maximum Gasteiger partial charge on any atom is 0.260 e. The van der Waals surface area contributed by atoms with E-state index in [2.05, 4.69) is 10.5 Å². The molecule has 0 fully saturated rings. The summed E-state index contributed by atoms with van der Waals surface area (Å²) in [6.45, 7) is 3.52. The van der Waals surface area contributed by atoms with Crippen LogP contribution in [0.3, 0.4) is 0 Å². The summed E-state index contributed by atoms with van der Waals surface area (Å²) in [5, 5.41) is 6.21. The average molecular weight is 249 g/mol. The highest BCUT2D eigenvalue weighted by molar-refractivity contribution is 6.07. The highest BCUT2D eigenvalue weighted by Crippen LogP contribution is 2.21. The smallest absolute Gasteiger partial charge is 0.260 e. The number of carbonyl (C=O) groups excluding carboxylic acids is 1. The fourth-order valence-corrected chi connectivity index (χ4v) is 1.44. The van der Waals surface area contributed by atoms with Crippen molar-refractivity contribution in [3.8, 4) is 0 Å². The molecule has 2 rings (SSSR count). The fraction of sp³-hybridized carbons (Fsp3) is 0.167. The number of halogens is 1. The van der Waals surface area contributed by atoms with E-state index in [1.165, 1.54) is 18.2 Å². The molecule has 0 bridgehead atoms. The van der Waals surface area contributed by atoms with Crippen LogP contribution < -0.4 is 11.1 Å². The summed E-state index contributed by atoms with van der Waals surface area (Å²) in [7, 11) is 0. The lowest BCUT2D eigenvalue weighted by Crippen LogP contribution is -2.15. The molecule has 0 atom stereocenters. The molecule has 0 saturated carbocycles. The van der Waals surface area contributed by atoms with Gasteiger partial charge in [0.1, 0.15) is 5.82 Å². The summed E-state index contributed by atoms with van der Waals surface area (Å²) in [5.74, 6) is -0.930. The van der Waals surface area contributed by atoms with E-state index in [0.717, 1.165) is 5.56 Å². The van der Waals surface area contributed by atoms with Gasteiger partial charge >= 0.3 is 0 Å². The Kier molecular flexibility index (Phi) is 3.01. The van der Waals surface area contributed by atoms with Gasteiger partial charge in [-0.05, 0) is 26.0 Å². The highest BCUT2D eigenvalue weighted by Gasteiger charge is 2.16. The van der Waals surface area contributed by atoms with Gasteiger partial charge in [0, 0.05) is 5.56 Å². The van der Waals surface area contributed by atoms with Gasteiger partial charge in [-0.15, -0.1) is 0 Å². The van der Waals surface area contributed by atoms with Gasteiger partial charge in [0.2, 0.25) is 5.88 Å². The van der Waals surface area contributed by atoms with Crippen LogP contribution in [-0.4, -0.2) is 11.1 Å². The predicted octanol–water partition coefficient (Wildman–Crippen LogP) is 2.27. The molecule has 6 heteroatoms. The number of nitrogens with two attached hydrogens (primary N) is 1. The Balaban J connectivity index is 2.28. The zero-order valence-electron chi connectivity index (χ0n) is 9.95. The minimum atomic E-state index is -0.631. The number of para-hydroxylation sites is 1. The van der Waals surface area contributed by atoms with Crippen molar-refractivity contribution in [2.24, 2.45) is 0 Å². The lowest BCUT2D eigenvalue weighted by molar-refractivity contribution is 0.102. The third-order valence-corrected chi connectivity index (χ3v) is 2.68. The van der Waals surface area contributed by atoms with Gasteiger partial charge in [-0.1, -0.05) is 11.2 Å². The largest absolute Gasteiger partial charge is 0.396 e. The number of aryl methyl sites for hydroxylation is 1. The summed E-state index contributed by atoms with van der Waals surface area (Å²) in [6.07, 6.45) is 0. The van der Waals surface area contributed by atoms with Crippen molar-refractivity contribution in [1.29, 1.82) is 0 Å². The van der Waals surface area contributed by atoms with Crippen molar-refractivity contribution >= 4 is 17.5 Å². The first kappa shape index (κ1) is 12.1. The number of aromatic nitrogens is 1. The predicted molar refractivity (Wildman–Crippen MR) is 64.7 cm³/mol. The molecule has 0 radical (unpaired) electrons. The average Bonchev–Trinajstić information content (AvgIpc) is 2.64. The maximum atomic E-state index is 13.2. The summed E-state index contributed by atoms with van der Waals surface area (Å²) in [6, 6.07) is 4.04. The van der Waals surface area contributed by atoms with E-state index in [1.54, 1.807) is 13.8 Å². The third-order valence-electron chi connectivity index (χ3n) is 2.68. The van der Waals surface area contributed by atoms with Gasteiger partial charge < -0.3 is 10.3 Å². The molecule has 1 aromatic heterocycles. The first-order chi connectivity index (χ1) is 8.50. The van der Waals surface area contributed by atoms with E-state index in [9.17, 15) is 9.18 Å². The van der Waals surface area contributed by atoms with Gasteiger partial charge in [0.05, 0.1) is 16.9 Å². The number of hydrogen-bond acceptors (Lipinski definition) is 4. The van der Waals surface area contributed by atoms with Crippen LogP contribution in [0, 0.1) is 19.7 Å². The molecule has 18 heavy (non-hydrogen) atoms. The Hall–Kier alpha value is -2.37. The quantitative estimate of drug-likeness (QED) is 0.800. The maximum absolute atomic E-state index is 13.2. The molecule has 1 amide bonds. The van der Waals surface area contributed by atoms with Gasteiger partial charge in [0.15, 0.2) is 0 Å². The highest BCUT2D eigenvalue weighted by atomic mass is 19.1. The standard InChI is InChI=1S/C12H12FN3O2/c1-6-7(2)16-18-12(6)15-11(17)8-4-3-5-9(13)10(8)14/h3-5H,14H2,1-2H3,(H,15,17). The molecule has 94 valence electrons. The minimum Gasteiger partial charge on any atom is -0.396 e. The zero-order chi connectivity index (χ0) is 13.3. The molecule has 1 heterocycles. The summed E-state index contributed by atoms with van der Waals surface area (Å²) in [4.78, 5) is 11.9. The van der Waals surface area contributed by atoms with Crippen molar-refractivity contribution < 1.29 is 13.7 Å². The normalized spacial score (nSPS) is 10.4. The lowest BCUT2D eigenvalue weighted by Gasteiger charge is -2.06. The Morgan fingerprint density at radius 3 is 2.78 bits per heavy atom. The first-order valence-electron chi connectivity index (χ1n) is 5.29. The van der Waals surface area contributed by atoms with Gasteiger partial charge in [0.25, 0.3) is 5.91 Å². The number of anilines is 2. The molecule has 0 aliphatic rings. The Morgan fingerprint density at radius 2 is 2.17 bits per heavy atom. The second-order valence-electron chi connectivity index (χ2n) is 3.88. The number of rotatable bonds is 2. The van der Waals surface area contributed by atoms with Crippen molar-refractivity contribution in [2.45, 2.75) is 13.8 Å². The molecule has 5 nitrogen and oxygen atoms in total. The minimum absolute atomic E-state index is 0.0588. The summed E-state index contributed by atoms with van der Waals surface area (Å²) in [5.41, 5.74) is 6.77. The molecular weight excluding hydrogens is 237 g/mol. The molecule has 0 saturated heterocycles. The fourth-order valence-electron chi connectivity index (χ4n) is 1.44. The zero-order valence-corrected chi connectivity index (χ0v) is 9.95. The monoisotopic (exact) mass is 249 g/mol. The number of nitrogens with zero attached hydrogens (tertiary/aromatic N) is 1. The lowest BCUT2D eigenvalue weighted by atomic mass is 10.1. The van der Waals surface area contributed by atoms with Crippen LogP contribution in [0.15, 0.2) is 22.7 Å². The van der Waals surface area contributed by atoms with Gasteiger partial charge in [-0.2, -0.15) is 0 Å². The van der Waals surface area contributed by atoms with Gasteiger partial charge in [-0.3, -0.25) is 10.1 Å². The third kappa shape index (κ3) is 2.04. The van der Waals surface area contributed by atoms with E-state index in [-0.39, 0.29) is 17.1 Å². The van der Waals surface area contributed by atoms with Crippen molar-refractivity contribution in [3.05, 3.63) is 40.8 Å². The van der Waals surface area contributed by atoms with E-state index in [4.69, 9.17) is 10.3 Å². The number of hydrogen-bond donors (Lipinski definition) is 2. The Bertz CT molecular complexity index is 607. The first-order valence-corrected chi connectivity index (χ1v) is 5.29. The van der Waals surface area contributed by atoms with Crippen LogP contribution in [0.4, 0.5) is 16.0 Å². The number of nitrogens with one attached hydrogen (secondary N) is 1. The number of nitrogen functional groups attached to an aromatic ring is 1. The molecule has 0 aliphatic carbocycles. The number of benzene rings is 1. The topological polar surface area (TPSA) is 81.2 Å². The van der Waals surface area contributed by atoms with Crippen molar-refractivity contribution in [1.82, 2.24) is 5.16 Å². The second kappa shape index (κ2) is 4.48. The van der Waals surface area contributed by atoms with Crippen molar-refractivity contribution in [3.63, 3.8) is 0 Å². The van der Waals surface area contributed by atoms with Gasteiger partial charge in [-0.25, -0.2) is 4.39 Å². The van der Waals surface area contributed by atoms with Crippen LogP contribution in [0.25, 0.3) is 0 Å². The molecule has 3 N–H and O–H groups in total. The molecule has 2 aromatic rings. The molecule has 0 aliphatic heterocycles. The van der Waals surface area contributed by atoms with E-state index < -0.39 is 11.7 Å².